The Morgan fingerprint density at radius 3 is 2.95 bits per heavy atom. The average Bonchev–Trinajstić information content (AvgIpc) is 2.36. The third kappa shape index (κ3) is 4.65. The van der Waals surface area contributed by atoms with Crippen molar-refractivity contribution < 1.29 is 0 Å². The third-order valence-corrected chi connectivity index (χ3v) is 3.09. The number of likely N-dealkylation sites (N-methyl/N-ethyl adjacent to an activating group) is 1. The van der Waals surface area contributed by atoms with Crippen molar-refractivity contribution in [3.05, 3.63) is 12.4 Å². The van der Waals surface area contributed by atoms with Gasteiger partial charge in [0.2, 0.25) is 0 Å². The van der Waals surface area contributed by atoms with E-state index in [9.17, 15) is 0 Å². The standard InChI is InChI=1S/C13H24N6/c1-10(2)18-13-6-12(16-9-17-13)15-7-11-8-19(3)5-4-14-11/h6,9-11,14H,4-5,7-8H2,1-3H3,(H2,15,16,17,18). The van der Waals surface area contributed by atoms with Crippen LogP contribution in [0.5, 0.6) is 0 Å². The molecule has 1 unspecified atom stereocenters. The van der Waals surface area contributed by atoms with E-state index in [1.807, 2.05) is 6.07 Å². The molecular formula is C13H24N6. The summed E-state index contributed by atoms with van der Waals surface area (Å²) in [6, 6.07) is 2.79. The molecule has 6 heteroatoms. The number of aromatic nitrogens is 2. The summed E-state index contributed by atoms with van der Waals surface area (Å²) in [4.78, 5) is 10.8. The van der Waals surface area contributed by atoms with Gasteiger partial charge >= 0.3 is 0 Å². The van der Waals surface area contributed by atoms with Crippen molar-refractivity contribution in [1.29, 1.82) is 0 Å². The molecule has 19 heavy (non-hydrogen) atoms. The highest BCUT2D eigenvalue weighted by atomic mass is 15.2. The van der Waals surface area contributed by atoms with Gasteiger partial charge in [-0.1, -0.05) is 0 Å². The van der Waals surface area contributed by atoms with Crippen LogP contribution >= 0.6 is 0 Å². The Morgan fingerprint density at radius 1 is 1.42 bits per heavy atom. The maximum absolute atomic E-state index is 4.25. The minimum absolute atomic E-state index is 0.372. The molecule has 1 atom stereocenters. The van der Waals surface area contributed by atoms with Gasteiger partial charge in [0, 0.05) is 44.3 Å². The van der Waals surface area contributed by atoms with E-state index in [0.29, 0.717) is 12.1 Å². The van der Waals surface area contributed by atoms with E-state index in [4.69, 9.17) is 0 Å². The van der Waals surface area contributed by atoms with Crippen molar-refractivity contribution in [2.45, 2.75) is 25.9 Å². The van der Waals surface area contributed by atoms with Gasteiger partial charge in [-0.25, -0.2) is 9.97 Å². The van der Waals surface area contributed by atoms with Crippen LogP contribution in [0.2, 0.25) is 0 Å². The molecule has 1 aliphatic rings. The first-order valence-corrected chi connectivity index (χ1v) is 6.88. The fourth-order valence-corrected chi connectivity index (χ4v) is 2.18. The Labute approximate surface area is 115 Å². The van der Waals surface area contributed by atoms with Crippen LogP contribution in [0.25, 0.3) is 0 Å². The minimum atomic E-state index is 0.372. The minimum Gasteiger partial charge on any atom is -0.368 e. The van der Waals surface area contributed by atoms with E-state index in [0.717, 1.165) is 37.8 Å². The van der Waals surface area contributed by atoms with Crippen LogP contribution in [0.4, 0.5) is 11.6 Å². The summed E-state index contributed by atoms with van der Waals surface area (Å²) in [5.74, 6) is 1.73. The Bertz CT molecular complexity index is 394. The quantitative estimate of drug-likeness (QED) is 0.724. The van der Waals surface area contributed by atoms with Crippen LogP contribution in [0, 0.1) is 0 Å². The van der Waals surface area contributed by atoms with Gasteiger partial charge < -0.3 is 20.9 Å². The lowest BCUT2D eigenvalue weighted by Gasteiger charge is -2.31. The van der Waals surface area contributed by atoms with Gasteiger partial charge in [0.05, 0.1) is 0 Å². The molecule has 0 aliphatic carbocycles. The predicted molar refractivity (Wildman–Crippen MR) is 78.6 cm³/mol. The number of piperazine rings is 1. The van der Waals surface area contributed by atoms with Crippen molar-refractivity contribution in [3.63, 3.8) is 0 Å². The normalized spacial score (nSPS) is 20.5. The molecule has 0 amide bonds. The smallest absolute Gasteiger partial charge is 0.131 e. The second kappa shape index (κ2) is 6.68. The van der Waals surface area contributed by atoms with Crippen LogP contribution in [-0.4, -0.2) is 60.2 Å². The van der Waals surface area contributed by atoms with E-state index in [1.54, 1.807) is 6.33 Å². The predicted octanol–water partition coefficient (Wildman–Crippen LogP) is 0.612. The fourth-order valence-electron chi connectivity index (χ4n) is 2.18. The molecule has 1 saturated heterocycles. The lowest BCUT2D eigenvalue weighted by Crippen LogP contribution is -2.51. The van der Waals surface area contributed by atoms with Crippen LogP contribution in [0.15, 0.2) is 12.4 Å². The average molecular weight is 264 g/mol. The first kappa shape index (κ1) is 14.0. The topological polar surface area (TPSA) is 65.1 Å². The number of nitrogens with zero attached hydrogens (tertiary/aromatic N) is 3. The maximum atomic E-state index is 4.25. The third-order valence-electron chi connectivity index (χ3n) is 3.09. The highest BCUT2D eigenvalue weighted by molar-refractivity contribution is 5.46. The van der Waals surface area contributed by atoms with Gasteiger partial charge in [-0.3, -0.25) is 0 Å². The first-order chi connectivity index (χ1) is 9.13. The van der Waals surface area contributed by atoms with Gasteiger partial charge in [0.15, 0.2) is 0 Å². The van der Waals surface area contributed by atoms with Crippen LogP contribution in [-0.2, 0) is 0 Å². The zero-order chi connectivity index (χ0) is 13.7. The largest absolute Gasteiger partial charge is 0.368 e. The summed E-state index contributed by atoms with van der Waals surface area (Å²) in [5.41, 5.74) is 0. The highest BCUT2D eigenvalue weighted by Crippen LogP contribution is 2.10. The molecule has 1 aromatic rings. The molecule has 1 fully saturated rings. The molecule has 1 aliphatic heterocycles. The van der Waals surface area contributed by atoms with Gasteiger partial charge in [-0.15, -0.1) is 0 Å². The van der Waals surface area contributed by atoms with Gasteiger partial charge in [-0.2, -0.15) is 0 Å². The Morgan fingerprint density at radius 2 is 2.21 bits per heavy atom. The molecule has 0 radical (unpaired) electrons. The zero-order valence-corrected chi connectivity index (χ0v) is 12.0. The Balaban J connectivity index is 1.85. The van der Waals surface area contributed by atoms with Crippen molar-refractivity contribution in [3.8, 4) is 0 Å². The SMILES string of the molecule is CC(C)Nc1cc(NCC2CN(C)CCN2)ncn1. The van der Waals surface area contributed by atoms with E-state index >= 15 is 0 Å². The van der Waals surface area contributed by atoms with Gasteiger partial charge in [-0.05, 0) is 20.9 Å². The summed E-state index contributed by atoms with van der Waals surface area (Å²) in [6.07, 6.45) is 1.59. The van der Waals surface area contributed by atoms with E-state index < -0.39 is 0 Å². The van der Waals surface area contributed by atoms with Crippen molar-refractivity contribution in [2.24, 2.45) is 0 Å². The Kier molecular flexibility index (Phi) is 4.93. The number of hydrogen-bond donors (Lipinski definition) is 3. The van der Waals surface area contributed by atoms with E-state index in [-0.39, 0.29) is 0 Å². The molecule has 106 valence electrons. The monoisotopic (exact) mass is 264 g/mol. The van der Waals surface area contributed by atoms with Crippen molar-refractivity contribution >= 4 is 11.6 Å². The molecule has 2 rings (SSSR count). The van der Waals surface area contributed by atoms with Crippen LogP contribution in [0.1, 0.15) is 13.8 Å². The number of hydrogen-bond acceptors (Lipinski definition) is 6. The first-order valence-electron chi connectivity index (χ1n) is 6.88. The van der Waals surface area contributed by atoms with Crippen molar-refractivity contribution in [2.75, 3.05) is 43.9 Å². The lowest BCUT2D eigenvalue weighted by molar-refractivity contribution is 0.244. The summed E-state index contributed by atoms with van der Waals surface area (Å²) < 4.78 is 0. The maximum Gasteiger partial charge on any atom is 0.131 e. The zero-order valence-electron chi connectivity index (χ0n) is 12.0. The van der Waals surface area contributed by atoms with Gasteiger partial charge in [0.1, 0.15) is 18.0 Å². The summed E-state index contributed by atoms with van der Waals surface area (Å²) in [7, 11) is 2.16. The molecular weight excluding hydrogens is 240 g/mol. The summed E-state index contributed by atoms with van der Waals surface area (Å²) in [5, 5.41) is 10.1. The van der Waals surface area contributed by atoms with Crippen LogP contribution in [0.3, 0.4) is 0 Å². The number of nitrogens with one attached hydrogen (secondary N) is 3. The molecule has 0 bridgehead atoms. The molecule has 0 saturated carbocycles. The van der Waals surface area contributed by atoms with E-state index in [1.165, 1.54) is 0 Å². The second-order valence-electron chi connectivity index (χ2n) is 5.38. The van der Waals surface area contributed by atoms with Crippen molar-refractivity contribution in [1.82, 2.24) is 20.2 Å². The highest BCUT2D eigenvalue weighted by Gasteiger charge is 2.15. The summed E-state index contributed by atoms with van der Waals surface area (Å²) in [6.45, 7) is 8.30. The molecule has 0 spiro atoms. The molecule has 3 N–H and O–H groups in total. The van der Waals surface area contributed by atoms with Crippen LogP contribution < -0.4 is 16.0 Å². The number of rotatable bonds is 5. The molecule has 6 nitrogen and oxygen atoms in total. The number of anilines is 2. The lowest BCUT2D eigenvalue weighted by atomic mass is 10.2. The van der Waals surface area contributed by atoms with E-state index in [2.05, 4.69) is 51.7 Å². The molecule has 1 aromatic heterocycles. The Hall–Kier alpha value is -1.40. The molecule has 2 heterocycles. The summed E-state index contributed by atoms with van der Waals surface area (Å²) >= 11 is 0. The second-order valence-corrected chi connectivity index (χ2v) is 5.38. The fraction of sp³-hybridized carbons (Fsp3) is 0.692. The molecule has 0 aromatic carbocycles. The van der Waals surface area contributed by atoms with Gasteiger partial charge in [0.25, 0.3) is 0 Å².